The summed E-state index contributed by atoms with van der Waals surface area (Å²) >= 11 is 6.06. The minimum absolute atomic E-state index is 0.0553. The molecular formula is C27H29ClN2O3. The molecule has 2 atom stereocenters. The summed E-state index contributed by atoms with van der Waals surface area (Å²) in [6.07, 6.45) is 1.09. The van der Waals surface area contributed by atoms with Crippen molar-refractivity contribution in [3.8, 4) is 0 Å². The van der Waals surface area contributed by atoms with Crippen molar-refractivity contribution in [3.63, 3.8) is 0 Å². The lowest BCUT2D eigenvalue weighted by atomic mass is 9.71. The zero-order valence-corrected chi connectivity index (χ0v) is 20.2. The van der Waals surface area contributed by atoms with Gasteiger partial charge in [-0.3, -0.25) is 4.79 Å². The SMILES string of the molecule is CCOC(=O)C1=C(C)NC2=C(C(=O)C[C@@H](c3ccc(Cl)cc3)C2)[C@@H]1c1ccc(N(C)C)cc1. The maximum atomic E-state index is 13.6. The fourth-order valence-electron chi connectivity index (χ4n) is 4.79. The third kappa shape index (κ3) is 4.55. The van der Waals surface area contributed by atoms with Crippen LogP contribution in [0.2, 0.25) is 5.02 Å². The van der Waals surface area contributed by atoms with Gasteiger partial charge in [0.2, 0.25) is 0 Å². The molecule has 1 aliphatic carbocycles. The van der Waals surface area contributed by atoms with Crippen molar-refractivity contribution in [3.05, 3.63) is 87.2 Å². The smallest absolute Gasteiger partial charge is 0.336 e. The number of ketones is 1. The molecule has 0 bridgehead atoms. The number of allylic oxidation sites excluding steroid dienone is 3. The summed E-state index contributed by atoms with van der Waals surface area (Å²) in [5.41, 5.74) is 5.86. The van der Waals surface area contributed by atoms with Gasteiger partial charge in [-0.15, -0.1) is 0 Å². The molecule has 172 valence electrons. The van der Waals surface area contributed by atoms with E-state index in [0.717, 1.165) is 28.2 Å². The first-order valence-electron chi connectivity index (χ1n) is 11.2. The molecule has 0 saturated carbocycles. The van der Waals surface area contributed by atoms with E-state index < -0.39 is 5.92 Å². The molecule has 0 unspecified atom stereocenters. The summed E-state index contributed by atoms with van der Waals surface area (Å²) in [5.74, 6) is -0.715. The number of nitrogens with zero attached hydrogens (tertiary/aromatic N) is 1. The molecule has 1 heterocycles. The molecule has 0 aromatic heterocycles. The van der Waals surface area contributed by atoms with Gasteiger partial charge in [0.05, 0.1) is 12.2 Å². The molecule has 2 aliphatic rings. The Morgan fingerprint density at radius 1 is 1.06 bits per heavy atom. The highest BCUT2D eigenvalue weighted by atomic mass is 35.5. The van der Waals surface area contributed by atoms with Gasteiger partial charge in [-0.05, 0) is 61.6 Å². The van der Waals surface area contributed by atoms with E-state index in [1.54, 1.807) is 6.92 Å². The second kappa shape index (κ2) is 9.44. The standard InChI is InChI=1S/C27H29ClN2O3/c1-5-33-27(32)24-16(2)29-22-14-19(17-6-10-20(28)11-7-17)15-23(31)26(22)25(24)18-8-12-21(13-9-18)30(3)4/h6-13,19,25,29H,5,14-15H2,1-4H3/t19-,25+/m0/s1. The second-order valence-electron chi connectivity index (χ2n) is 8.78. The highest BCUT2D eigenvalue weighted by Gasteiger charge is 2.41. The van der Waals surface area contributed by atoms with E-state index in [-0.39, 0.29) is 24.3 Å². The zero-order valence-electron chi connectivity index (χ0n) is 19.4. The van der Waals surface area contributed by atoms with Gasteiger partial charge >= 0.3 is 5.97 Å². The Morgan fingerprint density at radius 2 is 1.70 bits per heavy atom. The number of Topliss-reactive ketones (excluding diaryl/α,β-unsaturated/α-hetero) is 1. The van der Waals surface area contributed by atoms with Crippen LogP contribution in [0.15, 0.2) is 71.1 Å². The van der Waals surface area contributed by atoms with Crippen LogP contribution in [0.3, 0.4) is 0 Å². The van der Waals surface area contributed by atoms with E-state index in [2.05, 4.69) is 5.32 Å². The van der Waals surface area contributed by atoms with E-state index in [1.165, 1.54) is 0 Å². The van der Waals surface area contributed by atoms with Crippen LogP contribution in [0.5, 0.6) is 0 Å². The Hall–Kier alpha value is -3.05. The average molecular weight is 465 g/mol. The van der Waals surface area contributed by atoms with Crippen LogP contribution in [0, 0.1) is 0 Å². The molecule has 0 radical (unpaired) electrons. The van der Waals surface area contributed by atoms with E-state index in [9.17, 15) is 9.59 Å². The summed E-state index contributed by atoms with van der Waals surface area (Å²) in [5, 5.41) is 4.06. The van der Waals surface area contributed by atoms with Gasteiger partial charge in [0.1, 0.15) is 0 Å². The largest absolute Gasteiger partial charge is 0.463 e. The normalized spacial score (nSPS) is 20.3. The van der Waals surface area contributed by atoms with Crippen molar-refractivity contribution < 1.29 is 14.3 Å². The number of carbonyl (C=O) groups is 2. The van der Waals surface area contributed by atoms with E-state index in [1.807, 2.05) is 74.4 Å². The molecule has 2 aromatic carbocycles. The first-order chi connectivity index (χ1) is 15.8. The molecule has 5 nitrogen and oxygen atoms in total. The van der Waals surface area contributed by atoms with E-state index >= 15 is 0 Å². The Labute approximate surface area is 200 Å². The van der Waals surface area contributed by atoms with E-state index in [0.29, 0.717) is 29.0 Å². The number of esters is 1. The molecule has 1 aliphatic heterocycles. The van der Waals surface area contributed by atoms with Crippen LogP contribution in [-0.2, 0) is 14.3 Å². The molecule has 0 fully saturated rings. The number of hydrogen-bond acceptors (Lipinski definition) is 5. The highest BCUT2D eigenvalue weighted by Crippen LogP contribution is 2.46. The van der Waals surface area contributed by atoms with Crippen molar-refractivity contribution in [1.29, 1.82) is 0 Å². The van der Waals surface area contributed by atoms with Gasteiger partial charge in [-0.25, -0.2) is 4.79 Å². The Morgan fingerprint density at radius 3 is 2.30 bits per heavy atom. The van der Waals surface area contributed by atoms with Crippen molar-refractivity contribution in [2.24, 2.45) is 0 Å². The minimum Gasteiger partial charge on any atom is -0.463 e. The van der Waals surface area contributed by atoms with Gasteiger partial charge in [0.25, 0.3) is 0 Å². The topological polar surface area (TPSA) is 58.6 Å². The predicted octanol–water partition coefficient (Wildman–Crippen LogP) is 5.33. The number of halogens is 1. The fourth-order valence-corrected chi connectivity index (χ4v) is 4.91. The fraction of sp³-hybridized carbons (Fsp3) is 0.333. The molecular weight excluding hydrogens is 436 g/mol. The maximum absolute atomic E-state index is 13.6. The number of rotatable bonds is 5. The third-order valence-electron chi connectivity index (χ3n) is 6.41. The Kier molecular flexibility index (Phi) is 6.61. The summed E-state index contributed by atoms with van der Waals surface area (Å²) in [4.78, 5) is 28.6. The minimum atomic E-state index is -0.449. The zero-order chi connectivity index (χ0) is 23.7. The maximum Gasteiger partial charge on any atom is 0.336 e. The highest BCUT2D eigenvalue weighted by molar-refractivity contribution is 6.30. The van der Waals surface area contributed by atoms with Crippen molar-refractivity contribution in [2.45, 2.75) is 38.5 Å². The van der Waals surface area contributed by atoms with Crippen LogP contribution >= 0.6 is 11.6 Å². The van der Waals surface area contributed by atoms with Crippen LogP contribution < -0.4 is 10.2 Å². The quantitative estimate of drug-likeness (QED) is 0.606. The number of hydrogen-bond donors (Lipinski definition) is 1. The van der Waals surface area contributed by atoms with E-state index in [4.69, 9.17) is 16.3 Å². The number of dihydropyridines is 1. The first kappa shape index (κ1) is 23.1. The van der Waals surface area contributed by atoms with Gasteiger partial charge in [0, 0.05) is 54.1 Å². The van der Waals surface area contributed by atoms with Crippen molar-refractivity contribution in [2.75, 3.05) is 25.6 Å². The van der Waals surface area contributed by atoms with Gasteiger partial charge < -0.3 is 15.0 Å². The van der Waals surface area contributed by atoms with Crippen LogP contribution in [0.4, 0.5) is 5.69 Å². The lowest BCUT2D eigenvalue weighted by molar-refractivity contribution is -0.138. The monoisotopic (exact) mass is 464 g/mol. The lowest BCUT2D eigenvalue weighted by Gasteiger charge is -2.36. The number of benzene rings is 2. The molecule has 0 saturated heterocycles. The summed E-state index contributed by atoms with van der Waals surface area (Å²) < 4.78 is 5.39. The number of anilines is 1. The van der Waals surface area contributed by atoms with Crippen LogP contribution in [0.25, 0.3) is 0 Å². The Balaban J connectivity index is 1.78. The molecule has 1 N–H and O–H groups in total. The van der Waals surface area contributed by atoms with Crippen LogP contribution in [0.1, 0.15) is 49.7 Å². The summed E-state index contributed by atoms with van der Waals surface area (Å²) in [6.45, 7) is 3.95. The number of carbonyl (C=O) groups excluding carboxylic acids is 2. The average Bonchev–Trinajstić information content (AvgIpc) is 2.78. The second-order valence-corrected chi connectivity index (χ2v) is 9.21. The van der Waals surface area contributed by atoms with Gasteiger partial charge in [0.15, 0.2) is 5.78 Å². The van der Waals surface area contributed by atoms with Crippen molar-refractivity contribution >= 4 is 29.0 Å². The van der Waals surface area contributed by atoms with Gasteiger partial charge in [-0.2, -0.15) is 0 Å². The Bertz CT molecular complexity index is 1130. The summed E-state index contributed by atoms with van der Waals surface area (Å²) in [7, 11) is 3.96. The molecule has 6 heteroatoms. The third-order valence-corrected chi connectivity index (χ3v) is 6.66. The predicted molar refractivity (Wildman–Crippen MR) is 131 cm³/mol. The first-order valence-corrected chi connectivity index (χ1v) is 11.6. The number of ether oxygens (including phenoxy) is 1. The molecule has 33 heavy (non-hydrogen) atoms. The number of nitrogens with one attached hydrogen (secondary N) is 1. The molecule has 0 amide bonds. The van der Waals surface area contributed by atoms with Crippen LogP contribution in [-0.4, -0.2) is 32.5 Å². The summed E-state index contributed by atoms with van der Waals surface area (Å²) in [6, 6.07) is 15.7. The molecule has 4 rings (SSSR count). The van der Waals surface area contributed by atoms with Gasteiger partial charge in [-0.1, -0.05) is 35.9 Å². The molecule has 0 spiro atoms. The lowest BCUT2D eigenvalue weighted by Crippen LogP contribution is -2.36. The molecule has 2 aromatic rings. The van der Waals surface area contributed by atoms with Crippen molar-refractivity contribution in [1.82, 2.24) is 5.32 Å².